The molecule has 0 N–H and O–H groups in total. The summed E-state index contributed by atoms with van der Waals surface area (Å²) in [5.74, 6) is 0. The van der Waals surface area contributed by atoms with Gasteiger partial charge in [0.25, 0.3) is 0 Å². The van der Waals surface area contributed by atoms with E-state index >= 15 is 0 Å². The minimum absolute atomic E-state index is 1.15. The van der Waals surface area contributed by atoms with Gasteiger partial charge in [-0.15, -0.1) is 5.46 Å². The first kappa shape index (κ1) is 42.6. The fourth-order valence-corrected chi connectivity index (χ4v) is 11.5. The van der Waals surface area contributed by atoms with Crippen LogP contribution in [0.15, 0.2) is 200 Å². The van der Waals surface area contributed by atoms with Crippen molar-refractivity contribution in [3.8, 4) is 67.0 Å². The summed E-state index contributed by atoms with van der Waals surface area (Å²) in [7, 11) is 16.3. The molecule has 2 aromatic heterocycles. The molecule has 0 aliphatic heterocycles. The van der Waals surface area contributed by atoms with Gasteiger partial charge < -0.3 is 9.13 Å². The minimum Gasteiger partial charge on any atom is -0.310 e. The van der Waals surface area contributed by atoms with Gasteiger partial charge in [0.1, 0.15) is 54.9 Å². The molecule has 0 unspecified atom stereocenters. The van der Waals surface area contributed by atoms with Crippen LogP contribution in [-0.2, 0) is 0 Å². The highest BCUT2D eigenvalue weighted by atomic mass is 15.0. The van der Waals surface area contributed by atoms with E-state index < -0.39 is 0 Å². The van der Waals surface area contributed by atoms with Crippen molar-refractivity contribution in [2.75, 3.05) is 0 Å². The Labute approximate surface area is 410 Å². The monoisotopic (exact) mass is 872 g/mol. The SMILES string of the molecule is Bc1c(B)c(B)c2c(c1B)c1c(B)c(-c3ccc4c(c3)c3c(-c5ccccc5)cccc3n4-c3ccc(-c4ccccc4)cc3)c(B)c(B)c1n2-c1ccc(-c2ccc(-c3ccccc3)cc2)cc1. The van der Waals surface area contributed by atoms with E-state index in [2.05, 4.69) is 264 Å². The molecule has 0 atom stereocenters. The lowest BCUT2D eigenvalue weighted by Crippen LogP contribution is -2.48. The third kappa shape index (κ3) is 6.81. The van der Waals surface area contributed by atoms with Crippen LogP contribution in [-0.4, -0.2) is 64.1 Å². The number of benzene rings is 10. The number of rotatable bonds is 7. The van der Waals surface area contributed by atoms with Gasteiger partial charge in [-0.3, -0.25) is 0 Å². The fraction of sp³-hybridized carbons (Fsp3) is 0. The summed E-state index contributed by atoms with van der Waals surface area (Å²) in [5.41, 5.74) is 29.0. The maximum absolute atomic E-state index is 2.58. The Bertz CT molecular complexity index is 3980. The van der Waals surface area contributed by atoms with Gasteiger partial charge in [-0.2, -0.15) is 0 Å². The van der Waals surface area contributed by atoms with E-state index in [1.807, 2.05) is 0 Å². The van der Waals surface area contributed by atoms with Gasteiger partial charge >= 0.3 is 0 Å². The molecule has 0 radical (unpaired) electrons. The number of nitrogens with zero attached hydrogens (tertiary/aromatic N) is 2. The van der Waals surface area contributed by atoms with Crippen molar-refractivity contribution in [3.63, 3.8) is 0 Å². The molecule has 0 fully saturated rings. The van der Waals surface area contributed by atoms with Crippen LogP contribution in [0.1, 0.15) is 0 Å². The highest BCUT2D eigenvalue weighted by Crippen LogP contribution is 2.41. The molecule has 10 aromatic carbocycles. The maximum atomic E-state index is 2.58. The Morgan fingerprint density at radius 3 is 1.22 bits per heavy atom. The summed E-state index contributed by atoms with van der Waals surface area (Å²) in [6.45, 7) is 0. The third-order valence-corrected chi connectivity index (χ3v) is 15.5. The van der Waals surface area contributed by atoms with Crippen LogP contribution in [0.2, 0.25) is 0 Å². The Hall–Kier alpha value is -7.75. The topological polar surface area (TPSA) is 9.86 Å². The normalized spacial score (nSPS) is 11.6. The van der Waals surface area contributed by atoms with Gasteiger partial charge in [0, 0.05) is 38.6 Å². The second-order valence-corrected chi connectivity index (χ2v) is 19.1. The van der Waals surface area contributed by atoms with Crippen molar-refractivity contribution in [1.29, 1.82) is 0 Å². The molecule has 0 bridgehead atoms. The highest BCUT2D eigenvalue weighted by molar-refractivity contribution is 6.69. The van der Waals surface area contributed by atoms with Crippen molar-refractivity contribution in [3.05, 3.63) is 200 Å². The van der Waals surface area contributed by atoms with E-state index in [1.165, 1.54) is 143 Å². The van der Waals surface area contributed by atoms with Crippen molar-refractivity contribution >= 4 is 137 Å². The van der Waals surface area contributed by atoms with Crippen LogP contribution in [0.5, 0.6) is 0 Å². The fourth-order valence-electron chi connectivity index (χ4n) is 11.5. The van der Waals surface area contributed by atoms with E-state index in [1.54, 1.807) is 0 Å². The smallest absolute Gasteiger partial charge is 0.141 e. The second-order valence-electron chi connectivity index (χ2n) is 19.1. The van der Waals surface area contributed by atoms with Gasteiger partial charge in [-0.25, -0.2) is 0 Å². The van der Waals surface area contributed by atoms with Crippen LogP contribution in [0, 0.1) is 0 Å². The van der Waals surface area contributed by atoms with Crippen molar-refractivity contribution in [1.82, 2.24) is 9.13 Å². The van der Waals surface area contributed by atoms with Crippen LogP contribution >= 0.6 is 0 Å². The zero-order chi connectivity index (χ0) is 47.1. The molecule has 0 aliphatic rings. The largest absolute Gasteiger partial charge is 0.310 e. The lowest BCUT2D eigenvalue weighted by Gasteiger charge is -2.19. The van der Waals surface area contributed by atoms with Gasteiger partial charge in [-0.1, -0.05) is 191 Å². The summed E-state index contributed by atoms with van der Waals surface area (Å²) in [6, 6.07) is 73.4. The molecule has 12 aromatic rings. The maximum Gasteiger partial charge on any atom is 0.141 e. The molecule has 2 heterocycles. The first-order chi connectivity index (χ1) is 33.7. The summed E-state index contributed by atoms with van der Waals surface area (Å²) in [4.78, 5) is 0. The first-order valence-corrected chi connectivity index (χ1v) is 24.3. The minimum atomic E-state index is 1.15. The Morgan fingerprint density at radius 2 is 0.681 bits per heavy atom. The lowest BCUT2D eigenvalue weighted by molar-refractivity contribution is 1.18. The lowest BCUT2D eigenvalue weighted by atomic mass is 9.64. The summed E-state index contributed by atoms with van der Waals surface area (Å²) < 4.78 is 5.03. The summed E-state index contributed by atoms with van der Waals surface area (Å²) in [6.07, 6.45) is 0. The third-order valence-electron chi connectivity index (χ3n) is 15.5. The van der Waals surface area contributed by atoms with Crippen molar-refractivity contribution in [2.24, 2.45) is 0 Å². The van der Waals surface area contributed by atoms with E-state index in [0.717, 1.165) is 5.69 Å². The second kappa shape index (κ2) is 16.8. The molecule has 0 spiro atoms. The molecule has 318 valence electrons. The molecule has 0 saturated heterocycles. The molecule has 0 amide bonds. The molecular weight excluding hydrogens is 824 g/mol. The predicted octanol–water partition coefficient (Wildman–Crippen LogP) is 4.02. The predicted molar refractivity (Wildman–Crippen MR) is 320 cm³/mol. The molecular formula is C60H47B7N2. The number of fused-ring (bicyclic) bond motifs is 6. The van der Waals surface area contributed by atoms with Crippen LogP contribution in [0.4, 0.5) is 0 Å². The van der Waals surface area contributed by atoms with Gasteiger partial charge in [0.2, 0.25) is 0 Å². The zero-order valence-corrected chi connectivity index (χ0v) is 40.4. The van der Waals surface area contributed by atoms with E-state index in [0.29, 0.717) is 0 Å². The number of hydrogen-bond donors (Lipinski definition) is 0. The first-order valence-electron chi connectivity index (χ1n) is 24.3. The molecule has 9 heteroatoms. The number of hydrogen-bond acceptors (Lipinski definition) is 0. The van der Waals surface area contributed by atoms with Crippen molar-refractivity contribution < 1.29 is 0 Å². The van der Waals surface area contributed by atoms with Crippen LogP contribution in [0.25, 0.3) is 111 Å². The molecule has 12 rings (SSSR count). The Kier molecular flexibility index (Phi) is 10.4. The highest BCUT2D eigenvalue weighted by Gasteiger charge is 2.26. The summed E-state index contributed by atoms with van der Waals surface area (Å²) in [5, 5.41) is 5.22. The van der Waals surface area contributed by atoms with Gasteiger partial charge in [0.15, 0.2) is 0 Å². The molecule has 2 nitrogen and oxygen atoms in total. The van der Waals surface area contributed by atoms with Gasteiger partial charge in [0.05, 0.1) is 11.0 Å². The molecule has 0 aliphatic carbocycles. The Morgan fingerprint density at radius 1 is 0.261 bits per heavy atom. The standard InChI is InChI=1S/C60H47B7N2/c61-52-48(41-27-32-46-45(33-41)49-44(40-15-8-3-9-16-40)17-10-18-47(49)68(46)42-28-23-38(24-29-42)35-13-6-2-7-14-35)53(62)57(66)59-50(52)51-54(63)55(64)56(65)58(67)60(51)69(59)43-30-25-39(26-31-43)37-21-19-36(20-22-37)34-11-4-1-5-12-34/h1-33H,61-67H2. The molecule has 69 heavy (non-hydrogen) atoms. The van der Waals surface area contributed by atoms with E-state index in [-0.39, 0.29) is 0 Å². The van der Waals surface area contributed by atoms with Crippen LogP contribution < -0.4 is 38.2 Å². The zero-order valence-electron chi connectivity index (χ0n) is 40.4. The van der Waals surface area contributed by atoms with Crippen LogP contribution in [0.3, 0.4) is 0 Å². The quantitative estimate of drug-likeness (QED) is 0.215. The van der Waals surface area contributed by atoms with Crippen molar-refractivity contribution in [2.45, 2.75) is 0 Å². The number of aromatic nitrogens is 2. The van der Waals surface area contributed by atoms with E-state index in [4.69, 9.17) is 0 Å². The average Bonchev–Trinajstić information content (AvgIpc) is 3.94. The molecule has 0 saturated carbocycles. The summed E-state index contributed by atoms with van der Waals surface area (Å²) >= 11 is 0. The van der Waals surface area contributed by atoms with Gasteiger partial charge in [-0.05, 0) is 103 Å². The Balaban J connectivity index is 1.06. The van der Waals surface area contributed by atoms with E-state index in [9.17, 15) is 0 Å². The average molecular weight is 872 g/mol.